The van der Waals surface area contributed by atoms with Gasteiger partial charge in [0.05, 0.1) is 30.1 Å². The summed E-state index contributed by atoms with van der Waals surface area (Å²) in [6, 6.07) is 24.3. The number of hydrogen-bond acceptors (Lipinski definition) is 4. The molecule has 0 fully saturated rings. The SMILES string of the molecule is COc1ccccc1CNC(=O)[C@]1(C)Cn2nc(-c3ccccc3)cc2C(=O)N1c1ccc(C)cc1Cl. The molecule has 4 aromatic rings. The number of methoxy groups -OCH3 is 1. The zero-order valence-electron chi connectivity index (χ0n) is 20.9. The van der Waals surface area contributed by atoms with Crippen molar-refractivity contribution in [3.05, 3.63) is 101 Å². The maximum atomic E-state index is 14.0. The van der Waals surface area contributed by atoms with Crippen LogP contribution >= 0.6 is 11.6 Å². The summed E-state index contributed by atoms with van der Waals surface area (Å²) in [5.41, 5.74) is 2.90. The van der Waals surface area contributed by atoms with E-state index >= 15 is 0 Å². The van der Waals surface area contributed by atoms with E-state index in [1.165, 1.54) is 4.90 Å². The summed E-state index contributed by atoms with van der Waals surface area (Å²) in [5.74, 6) is 0.000379. The van der Waals surface area contributed by atoms with Crippen LogP contribution in [0.1, 0.15) is 28.5 Å². The van der Waals surface area contributed by atoms with Crippen LogP contribution < -0.4 is 15.0 Å². The van der Waals surface area contributed by atoms with Crippen LogP contribution in [0.15, 0.2) is 78.9 Å². The number of carbonyl (C=O) groups excluding carboxylic acids is 2. The molecule has 37 heavy (non-hydrogen) atoms. The first-order valence-corrected chi connectivity index (χ1v) is 12.3. The molecule has 188 valence electrons. The highest BCUT2D eigenvalue weighted by Crippen LogP contribution is 2.38. The maximum Gasteiger partial charge on any atom is 0.277 e. The average Bonchev–Trinajstić information content (AvgIpc) is 3.33. The number of anilines is 1. The van der Waals surface area contributed by atoms with Crippen LogP contribution in [0.3, 0.4) is 0 Å². The Hall–Kier alpha value is -4.10. The van der Waals surface area contributed by atoms with Gasteiger partial charge >= 0.3 is 0 Å². The number of fused-ring (bicyclic) bond motifs is 1. The van der Waals surface area contributed by atoms with E-state index in [9.17, 15) is 9.59 Å². The maximum absolute atomic E-state index is 14.0. The molecule has 1 atom stereocenters. The van der Waals surface area contributed by atoms with Gasteiger partial charge in [0.25, 0.3) is 5.91 Å². The number of rotatable bonds is 6. The van der Waals surface area contributed by atoms with Crippen LogP contribution in [-0.2, 0) is 17.9 Å². The Morgan fingerprint density at radius 1 is 1.08 bits per heavy atom. The first-order valence-electron chi connectivity index (χ1n) is 12.0. The molecule has 0 saturated heterocycles. The van der Waals surface area contributed by atoms with E-state index < -0.39 is 5.54 Å². The predicted molar refractivity (Wildman–Crippen MR) is 144 cm³/mol. The second-order valence-corrected chi connectivity index (χ2v) is 9.71. The van der Waals surface area contributed by atoms with Crippen molar-refractivity contribution in [2.45, 2.75) is 32.5 Å². The molecule has 0 bridgehead atoms. The topological polar surface area (TPSA) is 76.5 Å². The Labute approximate surface area is 220 Å². The Morgan fingerprint density at radius 2 is 1.81 bits per heavy atom. The molecule has 1 aliphatic rings. The highest BCUT2D eigenvalue weighted by molar-refractivity contribution is 6.34. The monoisotopic (exact) mass is 514 g/mol. The highest BCUT2D eigenvalue weighted by atomic mass is 35.5. The van der Waals surface area contributed by atoms with Crippen LogP contribution in [0.5, 0.6) is 5.75 Å². The van der Waals surface area contributed by atoms with E-state index in [4.69, 9.17) is 21.4 Å². The summed E-state index contributed by atoms with van der Waals surface area (Å²) in [7, 11) is 1.59. The lowest BCUT2D eigenvalue weighted by molar-refractivity contribution is -0.126. The van der Waals surface area contributed by atoms with Gasteiger partial charge in [0.1, 0.15) is 17.0 Å². The fraction of sp³-hybridized carbons (Fsp3) is 0.207. The molecule has 1 N–H and O–H groups in total. The predicted octanol–water partition coefficient (Wildman–Crippen LogP) is 5.26. The fourth-order valence-electron chi connectivity index (χ4n) is 4.72. The van der Waals surface area contributed by atoms with Gasteiger partial charge < -0.3 is 10.1 Å². The molecule has 0 aliphatic carbocycles. The summed E-state index contributed by atoms with van der Waals surface area (Å²) in [4.78, 5) is 29.4. The Kier molecular flexibility index (Phi) is 6.48. The fourth-order valence-corrected chi connectivity index (χ4v) is 5.04. The van der Waals surface area contributed by atoms with Gasteiger partial charge in [-0.25, -0.2) is 0 Å². The molecule has 7 nitrogen and oxygen atoms in total. The standard InChI is InChI=1S/C29H27ClN4O3/c1-19-13-14-24(22(30)15-19)34-27(35)25-16-23(20-9-5-4-6-10-20)32-33(25)18-29(34,2)28(36)31-17-21-11-7-8-12-26(21)37-3/h4-16H,17-18H2,1-3H3,(H,31,36)/t29-/m0/s1. The van der Waals surface area contributed by atoms with Crippen molar-refractivity contribution >= 4 is 29.1 Å². The number of aryl methyl sites for hydroxylation is 1. The quantitative estimate of drug-likeness (QED) is 0.381. The van der Waals surface area contributed by atoms with Gasteiger partial charge in [0.15, 0.2) is 0 Å². The van der Waals surface area contributed by atoms with Crippen molar-refractivity contribution in [1.29, 1.82) is 0 Å². The number of halogens is 1. The van der Waals surface area contributed by atoms with Gasteiger partial charge in [-0.1, -0.05) is 66.2 Å². The number of hydrogen-bond donors (Lipinski definition) is 1. The van der Waals surface area contributed by atoms with Crippen LogP contribution in [0.4, 0.5) is 5.69 Å². The molecule has 0 unspecified atom stereocenters. The first kappa shape index (κ1) is 24.6. The van der Waals surface area contributed by atoms with Crippen molar-refractivity contribution in [1.82, 2.24) is 15.1 Å². The molecule has 2 heterocycles. The molecule has 1 aliphatic heterocycles. The number of aromatic nitrogens is 2. The third-order valence-electron chi connectivity index (χ3n) is 6.69. The number of para-hydroxylation sites is 1. The Morgan fingerprint density at radius 3 is 2.54 bits per heavy atom. The highest BCUT2D eigenvalue weighted by Gasteiger charge is 2.49. The third-order valence-corrected chi connectivity index (χ3v) is 6.99. The minimum absolute atomic E-state index is 0.156. The number of nitrogens with zero attached hydrogens (tertiary/aromatic N) is 3. The molecule has 8 heteroatoms. The summed E-state index contributed by atoms with van der Waals surface area (Å²) in [6.07, 6.45) is 0. The Bertz CT molecular complexity index is 1480. The molecule has 2 amide bonds. The van der Waals surface area contributed by atoms with Gasteiger partial charge in [0.2, 0.25) is 5.91 Å². The number of amides is 2. The summed E-state index contributed by atoms with van der Waals surface area (Å²) in [5, 5.41) is 8.10. The van der Waals surface area contributed by atoms with Crippen LogP contribution in [0.25, 0.3) is 11.3 Å². The zero-order valence-corrected chi connectivity index (χ0v) is 21.6. The lowest BCUT2D eigenvalue weighted by Gasteiger charge is -2.43. The van der Waals surface area contributed by atoms with Gasteiger partial charge in [-0.2, -0.15) is 5.10 Å². The lowest BCUT2D eigenvalue weighted by Crippen LogP contribution is -2.64. The lowest BCUT2D eigenvalue weighted by atomic mass is 9.93. The van der Waals surface area contributed by atoms with Crippen molar-refractivity contribution in [3.63, 3.8) is 0 Å². The molecule has 0 spiro atoms. The minimum atomic E-state index is -1.30. The summed E-state index contributed by atoms with van der Waals surface area (Å²) in [6.45, 7) is 4.06. The molecule has 3 aromatic carbocycles. The molecular formula is C29H27ClN4O3. The van der Waals surface area contributed by atoms with Gasteiger partial charge in [-0.15, -0.1) is 0 Å². The first-order chi connectivity index (χ1) is 17.8. The Balaban J connectivity index is 1.56. The van der Waals surface area contributed by atoms with E-state index in [0.29, 0.717) is 27.8 Å². The van der Waals surface area contributed by atoms with E-state index in [2.05, 4.69) is 5.32 Å². The van der Waals surface area contributed by atoms with E-state index in [1.54, 1.807) is 36.9 Å². The second-order valence-electron chi connectivity index (χ2n) is 9.30. The number of carbonyl (C=O) groups is 2. The summed E-state index contributed by atoms with van der Waals surface area (Å²) >= 11 is 6.64. The van der Waals surface area contributed by atoms with Crippen LogP contribution in [-0.4, -0.2) is 34.2 Å². The molecular weight excluding hydrogens is 488 g/mol. The normalized spacial score (nSPS) is 16.9. The molecule has 0 saturated carbocycles. The van der Waals surface area contributed by atoms with Crippen LogP contribution in [0.2, 0.25) is 5.02 Å². The van der Waals surface area contributed by atoms with E-state index in [-0.39, 0.29) is 24.9 Å². The molecule has 0 radical (unpaired) electrons. The van der Waals surface area contributed by atoms with Crippen molar-refractivity contribution < 1.29 is 14.3 Å². The smallest absolute Gasteiger partial charge is 0.277 e. The van der Waals surface area contributed by atoms with Crippen molar-refractivity contribution in [2.75, 3.05) is 12.0 Å². The van der Waals surface area contributed by atoms with Crippen molar-refractivity contribution in [2.24, 2.45) is 0 Å². The second kappa shape index (κ2) is 9.75. The van der Waals surface area contributed by atoms with E-state index in [0.717, 1.165) is 16.7 Å². The van der Waals surface area contributed by atoms with Gasteiger partial charge in [-0.3, -0.25) is 19.2 Å². The largest absolute Gasteiger partial charge is 0.496 e. The zero-order chi connectivity index (χ0) is 26.2. The molecule has 5 rings (SSSR count). The summed E-state index contributed by atoms with van der Waals surface area (Å²) < 4.78 is 7.04. The van der Waals surface area contributed by atoms with Gasteiger partial charge in [0, 0.05) is 17.7 Å². The van der Waals surface area contributed by atoms with Crippen LogP contribution in [0, 0.1) is 6.92 Å². The number of nitrogens with one attached hydrogen (secondary N) is 1. The minimum Gasteiger partial charge on any atom is -0.496 e. The number of ether oxygens (including phenoxy) is 1. The average molecular weight is 515 g/mol. The molecule has 1 aromatic heterocycles. The van der Waals surface area contributed by atoms with E-state index in [1.807, 2.05) is 67.6 Å². The number of benzene rings is 3. The van der Waals surface area contributed by atoms with Crippen molar-refractivity contribution in [3.8, 4) is 17.0 Å². The third kappa shape index (κ3) is 4.47. The van der Waals surface area contributed by atoms with Gasteiger partial charge in [-0.05, 0) is 43.7 Å².